The number of aryl methyl sites for hydroxylation is 1. The molecule has 0 unspecified atom stereocenters. The predicted octanol–water partition coefficient (Wildman–Crippen LogP) is 1.67. The van der Waals surface area contributed by atoms with Gasteiger partial charge in [0.25, 0.3) is 5.56 Å². The van der Waals surface area contributed by atoms with Gasteiger partial charge in [0.05, 0.1) is 29.5 Å². The summed E-state index contributed by atoms with van der Waals surface area (Å²) in [5.74, 6) is 0. The first-order chi connectivity index (χ1) is 8.25. The summed E-state index contributed by atoms with van der Waals surface area (Å²) in [7, 11) is 0. The second-order valence-electron chi connectivity index (χ2n) is 3.59. The molecule has 0 aromatic carbocycles. The van der Waals surface area contributed by atoms with Crippen LogP contribution in [-0.4, -0.2) is 18.9 Å². The van der Waals surface area contributed by atoms with Crippen LogP contribution in [0, 0.1) is 6.92 Å². The molecule has 0 spiro atoms. The topological polar surface area (TPSA) is 60.7 Å². The van der Waals surface area contributed by atoms with E-state index in [0.717, 1.165) is 10.6 Å². The van der Waals surface area contributed by atoms with E-state index < -0.39 is 0 Å². The highest BCUT2D eigenvalue weighted by atomic mass is 32.1. The SMILES string of the molecule is Cc1nsc2ncn(Cc3cncs3)c(=O)c12. The fourth-order valence-electron chi connectivity index (χ4n) is 1.61. The van der Waals surface area contributed by atoms with Crippen molar-refractivity contribution in [3.8, 4) is 0 Å². The molecule has 3 aromatic rings. The van der Waals surface area contributed by atoms with Crippen LogP contribution in [0.3, 0.4) is 0 Å². The molecule has 0 fully saturated rings. The Bertz CT molecular complexity index is 714. The Kier molecular flexibility index (Phi) is 2.49. The van der Waals surface area contributed by atoms with Crippen LogP contribution >= 0.6 is 22.9 Å². The van der Waals surface area contributed by atoms with Crippen LogP contribution in [0.1, 0.15) is 10.6 Å². The smallest absolute Gasteiger partial charge is 0.264 e. The summed E-state index contributed by atoms with van der Waals surface area (Å²) in [6.45, 7) is 2.35. The van der Waals surface area contributed by atoms with Gasteiger partial charge in [-0.05, 0) is 18.5 Å². The first-order valence-corrected chi connectivity index (χ1v) is 6.60. The molecule has 0 radical (unpaired) electrons. The van der Waals surface area contributed by atoms with Gasteiger partial charge in [-0.2, -0.15) is 4.37 Å². The van der Waals surface area contributed by atoms with E-state index in [-0.39, 0.29) is 5.56 Å². The molecule has 5 nitrogen and oxygen atoms in total. The normalized spacial score (nSPS) is 11.1. The number of hydrogen-bond acceptors (Lipinski definition) is 6. The lowest BCUT2D eigenvalue weighted by Crippen LogP contribution is -2.20. The molecule has 0 bridgehead atoms. The van der Waals surface area contributed by atoms with E-state index in [2.05, 4.69) is 14.3 Å². The van der Waals surface area contributed by atoms with Gasteiger partial charge in [-0.15, -0.1) is 11.3 Å². The summed E-state index contributed by atoms with van der Waals surface area (Å²) in [5.41, 5.74) is 2.47. The Balaban J connectivity index is 2.14. The molecule has 0 N–H and O–H groups in total. The number of thiazole rings is 1. The number of fused-ring (bicyclic) bond motifs is 1. The summed E-state index contributed by atoms with van der Waals surface area (Å²) < 4.78 is 5.75. The molecule has 0 amide bonds. The molecule has 3 rings (SSSR count). The van der Waals surface area contributed by atoms with E-state index in [1.54, 1.807) is 22.6 Å². The number of rotatable bonds is 2. The fourth-order valence-corrected chi connectivity index (χ4v) is 2.94. The first kappa shape index (κ1) is 10.5. The van der Waals surface area contributed by atoms with Crippen molar-refractivity contribution in [1.82, 2.24) is 18.9 Å². The lowest BCUT2D eigenvalue weighted by atomic mass is 10.3. The van der Waals surface area contributed by atoms with Crippen LogP contribution in [0.2, 0.25) is 0 Å². The Morgan fingerprint density at radius 1 is 1.47 bits per heavy atom. The largest absolute Gasteiger partial charge is 0.293 e. The van der Waals surface area contributed by atoms with Crippen molar-refractivity contribution in [2.75, 3.05) is 0 Å². The predicted molar refractivity (Wildman–Crippen MR) is 67.6 cm³/mol. The van der Waals surface area contributed by atoms with Crippen molar-refractivity contribution in [2.24, 2.45) is 0 Å². The zero-order chi connectivity index (χ0) is 11.8. The summed E-state index contributed by atoms with van der Waals surface area (Å²) in [6.07, 6.45) is 3.34. The quantitative estimate of drug-likeness (QED) is 0.706. The molecule has 0 saturated heterocycles. The maximum absolute atomic E-state index is 12.2. The second-order valence-corrected chi connectivity index (χ2v) is 5.32. The van der Waals surface area contributed by atoms with E-state index in [4.69, 9.17) is 0 Å². The van der Waals surface area contributed by atoms with Crippen LogP contribution in [0.25, 0.3) is 10.2 Å². The van der Waals surface area contributed by atoms with E-state index in [1.807, 2.05) is 6.92 Å². The summed E-state index contributed by atoms with van der Waals surface area (Å²) >= 11 is 2.79. The molecule has 3 aromatic heterocycles. The lowest BCUT2D eigenvalue weighted by molar-refractivity contribution is 0.757. The average Bonchev–Trinajstić information content (AvgIpc) is 2.93. The Morgan fingerprint density at radius 3 is 3.12 bits per heavy atom. The maximum atomic E-state index is 12.2. The number of hydrogen-bond donors (Lipinski definition) is 0. The highest BCUT2D eigenvalue weighted by Gasteiger charge is 2.10. The van der Waals surface area contributed by atoms with Crippen molar-refractivity contribution < 1.29 is 0 Å². The number of nitrogens with zero attached hydrogens (tertiary/aromatic N) is 4. The van der Waals surface area contributed by atoms with Crippen LogP contribution in [0.4, 0.5) is 0 Å². The van der Waals surface area contributed by atoms with Crippen molar-refractivity contribution in [3.63, 3.8) is 0 Å². The third kappa shape index (κ3) is 1.77. The Labute approximate surface area is 105 Å². The Morgan fingerprint density at radius 2 is 2.35 bits per heavy atom. The molecule has 86 valence electrons. The minimum absolute atomic E-state index is 0.0327. The van der Waals surface area contributed by atoms with Crippen molar-refractivity contribution in [2.45, 2.75) is 13.5 Å². The molecular weight excluding hydrogens is 256 g/mol. The zero-order valence-corrected chi connectivity index (χ0v) is 10.6. The Hall–Kier alpha value is -1.60. The molecule has 3 heterocycles. The van der Waals surface area contributed by atoms with E-state index >= 15 is 0 Å². The van der Waals surface area contributed by atoms with Crippen molar-refractivity contribution in [1.29, 1.82) is 0 Å². The van der Waals surface area contributed by atoms with Gasteiger partial charge >= 0.3 is 0 Å². The average molecular weight is 264 g/mol. The zero-order valence-electron chi connectivity index (χ0n) is 8.95. The minimum atomic E-state index is -0.0327. The van der Waals surface area contributed by atoms with Crippen LogP contribution in [0.15, 0.2) is 22.8 Å². The van der Waals surface area contributed by atoms with Gasteiger partial charge < -0.3 is 0 Å². The van der Waals surface area contributed by atoms with Gasteiger partial charge in [0.2, 0.25) is 0 Å². The summed E-state index contributed by atoms with van der Waals surface area (Å²) in [6, 6.07) is 0. The van der Waals surface area contributed by atoms with Crippen molar-refractivity contribution in [3.05, 3.63) is 39.0 Å². The fraction of sp³-hybridized carbons (Fsp3) is 0.200. The van der Waals surface area contributed by atoms with Gasteiger partial charge in [0.15, 0.2) is 4.83 Å². The molecule has 0 atom stereocenters. The maximum Gasteiger partial charge on any atom is 0.264 e. The lowest BCUT2D eigenvalue weighted by Gasteiger charge is -2.02. The van der Waals surface area contributed by atoms with Gasteiger partial charge in [-0.25, -0.2) is 4.98 Å². The second kappa shape index (κ2) is 4.01. The molecular formula is C10H8N4OS2. The van der Waals surface area contributed by atoms with Crippen LogP contribution < -0.4 is 5.56 Å². The molecule has 0 aliphatic heterocycles. The van der Waals surface area contributed by atoms with E-state index in [9.17, 15) is 4.79 Å². The van der Waals surface area contributed by atoms with Crippen LogP contribution in [0.5, 0.6) is 0 Å². The molecule has 7 heteroatoms. The highest BCUT2D eigenvalue weighted by molar-refractivity contribution is 7.12. The summed E-state index contributed by atoms with van der Waals surface area (Å²) in [5, 5.41) is 0.627. The molecule has 0 aliphatic carbocycles. The van der Waals surface area contributed by atoms with Gasteiger partial charge in [0.1, 0.15) is 0 Å². The summed E-state index contributed by atoms with van der Waals surface area (Å²) in [4.78, 5) is 22.2. The van der Waals surface area contributed by atoms with E-state index in [0.29, 0.717) is 16.8 Å². The van der Waals surface area contributed by atoms with Gasteiger partial charge in [-0.3, -0.25) is 14.3 Å². The van der Waals surface area contributed by atoms with Crippen molar-refractivity contribution >= 4 is 33.1 Å². The third-order valence-corrected chi connectivity index (χ3v) is 4.06. The van der Waals surface area contributed by atoms with Gasteiger partial charge in [-0.1, -0.05) is 0 Å². The van der Waals surface area contributed by atoms with Gasteiger partial charge in [0, 0.05) is 11.1 Å². The standard InChI is InChI=1S/C10H8N4OS2/c1-6-8-9(17-13-6)12-4-14(10(8)15)3-7-2-11-5-16-7/h2,4-5H,3H2,1H3. The highest BCUT2D eigenvalue weighted by Crippen LogP contribution is 2.15. The number of aromatic nitrogens is 4. The van der Waals surface area contributed by atoms with E-state index in [1.165, 1.54) is 22.9 Å². The first-order valence-electron chi connectivity index (χ1n) is 4.94. The minimum Gasteiger partial charge on any atom is -0.293 e. The third-order valence-electron chi connectivity index (χ3n) is 2.44. The molecule has 0 aliphatic rings. The molecule has 0 saturated carbocycles. The molecule has 17 heavy (non-hydrogen) atoms. The van der Waals surface area contributed by atoms with Crippen LogP contribution in [-0.2, 0) is 6.54 Å². The monoisotopic (exact) mass is 264 g/mol.